The highest BCUT2D eigenvalue weighted by Gasteiger charge is 2.60. The fourth-order valence-electron chi connectivity index (χ4n) is 3.41. The number of benzene rings is 2. The first kappa shape index (κ1) is 16.4. The minimum absolute atomic E-state index is 0.174. The van der Waals surface area contributed by atoms with Crippen LogP contribution in [-0.4, -0.2) is 25.4 Å². The van der Waals surface area contributed by atoms with E-state index in [1.807, 2.05) is 19.1 Å². The predicted molar refractivity (Wildman–Crippen MR) is 97.7 cm³/mol. The van der Waals surface area contributed by atoms with E-state index < -0.39 is 15.1 Å². The average Bonchev–Trinajstić information content (AvgIpc) is 3.18. The van der Waals surface area contributed by atoms with Gasteiger partial charge in [-0.2, -0.15) is 0 Å². The molecule has 2 aromatic carbocycles. The zero-order valence-corrected chi connectivity index (χ0v) is 15.1. The molecule has 0 bridgehead atoms. The standard InChI is InChI=1S/C18H17NO4S2/c1-10-2-5-12(6-3-10)25(20,21)17-15(16(17)18(19)24)11-4-7-13-14(8-11)23-9-22-13/h2-8,15-17H,9H2,1H3,(H2,19,24)/t15-,16+,17+/m0/s1. The lowest BCUT2D eigenvalue weighted by Gasteiger charge is -2.05. The molecule has 130 valence electrons. The van der Waals surface area contributed by atoms with Crippen molar-refractivity contribution < 1.29 is 17.9 Å². The molecule has 2 aromatic rings. The van der Waals surface area contributed by atoms with Gasteiger partial charge in [0.15, 0.2) is 21.3 Å². The summed E-state index contributed by atoms with van der Waals surface area (Å²) in [5.74, 6) is 0.645. The third kappa shape index (κ3) is 2.67. The SMILES string of the molecule is Cc1ccc(S(=O)(=O)[C@H]2[C@H](C(N)=S)[C@@H]2c2ccc3c(c2)OCO3)cc1. The summed E-state index contributed by atoms with van der Waals surface area (Å²) in [6, 6.07) is 12.3. The van der Waals surface area contributed by atoms with Gasteiger partial charge in [0.05, 0.1) is 15.1 Å². The lowest BCUT2D eigenvalue weighted by atomic mass is 10.1. The number of nitrogens with two attached hydrogens (primary N) is 1. The number of fused-ring (bicyclic) bond motifs is 1. The maximum absolute atomic E-state index is 13.1. The van der Waals surface area contributed by atoms with Gasteiger partial charge in [-0.15, -0.1) is 0 Å². The molecule has 1 heterocycles. The first-order valence-corrected chi connectivity index (χ1v) is 9.84. The Morgan fingerprint density at radius 1 is 1.12 bits per heavy atom. The largest absolute Gasteiger partial charge is 0.454 e. The van der Waals surface area contributed by atoms with Crippen LogP contribution in [-0.2, 0) is 9.84 Å². The number of thiocarbonyl (C=S) groups is 1. The van der Waals surface area contributed by atoms with E-state index in [0.717, 1.165) is 11.1 Å². The smallest absolute Gasteiger partial charge is 0.231 e. The van der Waals surface area contributed by atoms with Crippen LogP contribution in [0.5, 0.6) is 11.5 Å². The first-order chi connectivity index (χ1) is 11.9. The fraction of sp³-hybridized carbons (Fsp3) is 0.278. The van der Waals surface area contributed by atoms with Crippen molar-refractivity contribution in [1.29, 1.82) is 0 Å². The summed E-state index contributed by atoms with van der Waals surface area (Å²) in [7, 11) is -3.53. The maximum atomic E-state index is 13.1. The molecule has 25 heavy (non-hydrogen) atoms. The van der Waals surface area contributed by atoms with E-state index in [1.54, 1.807) is 30.3 Å². The Bertz CT molecular complexity index is 954. The van der Waals surface area contributed by atoms with Gasteiger partial charge in [0.2, 0.25) is 6.79 Å². The van der Waals surface area contributed by atoms with Crippen molar-refractivity contribution in [3.8, 4) is 11.5 Å². The molecule has 0 amide bonds. The molecule has 2 N–H and O–H groups in total. The molecule has 0 unspecified atom stereocenters. The highest BCUT2D eigenvalue weighted by Crippen LogP contribution is 2.55. The van der Waals surface area contributed by atoms with E-state index in [9.17, 15) is 8.42 Å². The van der Waals surface area contributed by atoms with E-state index in [0.29, 0.717) is 16.4 Å². The van der Waals surface area contributed by atoms with Gasteiger partial charge >= 0.3 is 0 Å². The second-order valence-corrected chi connectivity index (χ2v) is 8.97. The molecule has 0 aromatic heterocycles. The van der Waals surface area contributed by atoms with Crippen molar-refractivity contribution in [2.75, 3.05) is 6.79 Å². The number of rotatable bonds is 4. The van der Waals surface area contributed by atoms with Crippen LogP contribution < -0.4 is 15.2 Å². The monoisotopic (exact) mass is 375 g/mol. The summed E-state index contributed by atoms with van der Waals surface area (Å²) in [6.07, 6.45) is 0. The Kier molecular flexibility index (Phi) is 3.73. The average molecular weight is 375 g/mol. The van der Waals surface area contributed by atoms with E-state index in [2.05, 4.69) is 0 Å². The Balaban J connectivity index is 1.71. The number of ether oxygens (including phenoxy) is 2. The third-order valence-electron chi connectivity index (χ3n) is 4.77. The summed E-state index contributed by atoms with van der Waals surface area (Å²) >= 11 is 5.13. The fourth-order valence-corrected chi connectivity index (χ4v) is 5.94. The summed E-state index contributed by atoms with van der Waals surface area (Å²) in [4.78, 5) is 0.524. The number of hydrogen-bond acceptors (Lipinski definition) is 5. The Morgan fingerprint density at radius 2 is 1.80 bits per heavy atom. The minimum atomic E-state index is -3.53. The number of hydrogen-bond donors (Lipinski definition) is 1. The normalized spacial score (nSPS) is 24.1. The topological polar surface area (TPSA) is 78.6 Å². The molecular formula is C18H17NO4S2. The van der Waals surface area contributed by atoms with E-state index in [-0.39, 0.29) is 23.6 Å². The van der Waals surface area contributed by atoms with Gasteiger partial charge in [-0.3, -0.25) is 0 Å². The highest BCUT2D eigenvalue weighted by atomic mass is 32.2. The number of aryl methyl sites for hydroxylation is 1. The van der Waals surface area contributed by atoms with Crippen molar-refractivity contribution >= 4 is 27.0 Å². The van der Waals surface area contributed by atoms with Crippen LogP contribution in [0.15, 0.2) is 47.4 Å². The van der Waals surface area contributed by atoms with Gasteiger partial charge in [0, 0.05) is 11.8 Å². The second-order valence-electron chi connectivity index (χ2n) is 6.39. The van der Waals surface area contributed by atoms with Crippen LogP contribution in [0.25, 0.3) is 0 Å². The van der Waals surface area contributed by atoms with E-state index in [1.165, 1.54) is 0 Å². The molecule has 1 aliphatic heterocycles. The van der Waals surface area contributed by atoms with Crippen molar-refractivity contribution in [2.45, 2.75) is 23.0 Å². The third-order valence-corrected chi connectivity index (χ3v) is 7.28. The summed E-state index contributed by atoms with van der Waals surface area (Å²) < 4.78 is 36.8. The lowest BCUT2D eigenvalue weighted by molar-refractivity contribution is 0.174. The molecule has 5 nitrogen and oxygen atoms in total. The quantitative estimate of drug-likeness (QED) is 0.828. The summed E-state index contributed by atoms with van der Waals surface area (Å²) in [5.41, 5.74) is 7.70. The maximum Gasteiger partial charge on any atom is 0.231 e. The Hall–Kier alpha value is -2.12. The lowest BCUT2D eigenvalue weighted by Crippen LogP contribution is -2.17. The second kappa shape index (κ2) is 5.71. The molecule has 1 fully saturated rings. The zero-order valence-electron chi connectivity index (χ0n) is 13.5. The minimum Gasteiger partial charge on any atom is -0.454 e. The van der Waals surface area contributed by atoms with Gasteiger partial charge in [-0.25, -0.2) is 8.42 Å². The predicted octanol–water partition coefficient (Wildman–Crippen LogP) is 2.57. The first-order valence-electron chi connectivity index (χ1n) is 7.89. The van der Waals surface area contributed by atoms with Crippen molar-refractivity contribution in [2.24, 2.45) is 11.7 Å². The van der Waals surface area contributed by atoms with Gasteiger partial charge in [0.25, 0.3) is 0 Å². The zero-order chi connectivity index (χ0) is 17.8. The van der Waals surface area contributed by atoms with Crippen molar-refractivity contribution in [3.63, 3.8) is 0 Å². The highest BCUT2D eigenvalue weighted by molar-refractivity contribution is 7.92. The van der Waals surface area contributed by atoms with Crippen molar-refractivity contribution in [3.05, 3.63) is 53.6 Å². The summed E-state index contributed by atoms with van der Waals surface area (Å²) in [5, 5.41) is -0.645. The van der Waals surface area contributed by atoms with Crippen LogP contribution in [0.2, 0.25) is 0 Å². The van der Waals surface area contributed by atoms with Crippen molar-refractivity contribution in [1.82, 2.24) is 0 Å². The van der Waals surface area contributed by atoms with Gasteiger partial charge in [-0.1, -0.05) is 36.0 Å². The van der Waals surface area contributed by atoms with Crippen LogP contribution in [0.3, 0.4) is 0 Å². The van der Waals surface area contributed by atoms with Gasteiger partial charge in [0.1, 0.15) is 0 Å². The van der Waals surface area contributed by atoms with Gasteiger partial charge < -0.3 is 15.2 Å². The van der Waals surface area contributed by atoms with Gasteiger partial charge in [-0.05, 0) is 36.8 Å². The Morgan fingerprint density at radius 3 is 2.48 bits per heavy atom. The van der Waals surface area contributed by atoms with Crippen LogP contribution >= 0.6 is 12.2 Å². The molecule has 2 aliphatic rings. The molecule has 1 aliphatic carbocycles. The molecule has 0 spiro atoms. The molecular weight excluding hydrogens is 358 g/mol. The van der Waals surface area contributed by atoms with Crippen LogP contribution in [0.1, 0.15) is 17.0 Å². The van der Waals surface area contributed by atoms with E-state index >= 15 is 0 Å². The molecule has 0 saturated heterocycles. The summed E-state index contributed by atoms with van der Waals surface area (Å²) in [6.45, 7) is 2.09. The molecule has 4 rings (SSSR count). The molecule has 7 heteroatoms. The van der Waals surface area contributed by atoms with Crippen LogP contribution in [0.4, 0.5) is 0 Å². The van der Waals surface area contributed by atoms with E-state index in [4.69, 9.17) is 27.4 Å². The Labute approximate surface area is 151 Å². The molecule has 0 radical (unpaired) electrons. The number of sulfone groups is 1. The van der Waals surface area contributed by atoms with Crippen LogP contribution in [0, 0.1) is 12.8 Å². The molecule has 1 saturated carbocycles. The molecule has 3 atom stereocenters.